The van der Waals surface area contributed by atoms with E-state index >= 15 is 0 Å². The maximum Gasteiger partial charge on any atom is 0.318 e. The van der Waals surface area contributed by atoms with Crippen LogP contribution in [0.2, 0.25) is 0 Å². The number of fused-ring (bicyclic) bond motifs is 1. The molecule has 3 N–H and O–H groups in total. The second kappa shape index (κ2) is 6.52. The van der Waals surface area contributed by atoms with Crippen molar-refractivity contribution in [3.05, 3.63) is 70.8 Å². The minimum Gasteiger partial charge on any atom is -0.366 e. The van der Waals surface area contributed by atoms with E-state index in [0.717, 1.165) is 5.56 Å². The van der Waals surface area contributed by atoms with E-state index < -0.39 is 5.91 Å². The number of carbonyl (C=O) groups excluding carboxylic acids is 2. The molecule has 0 saturated heterocycles. The summed E-state index contributed by atoms with van der Waals surface area (Å²) >= 11 is 0. The van der Waals surface area contributed by atoms with Crippen LogP contribution < -0.4 is 11.1 Å². The van der Waals surface area contributed by atoms with Gasteiger partial charge in [-0.3, -0.25) is 4.79 Å². The highest BCUT2D eigenvalue weighted by Crippen LogP contribution is 2.21. The maximum absolute atomic E-state index is 12.2. The number of primary amides is 1. The van der Waals surface area contributed by atoms with E-state index in [1.165, 1.54) is 11.1 Å². The first-order valence-corrected chi connectivity index (χ1v) is 7.62. The van der Waals surface area contributed by atoms with Gasteiger partial charge in [-0.1, -0.05) is 36.4 Å². The number of benzene rings is 2. The average molecular weight is 309 g/mol. The Kier molecular flexibility index (Phi) is 4.28. The molecule has 0 aromatic heterocycles. The SMILES string of the molecule is NC(=O)c1cccc(CCNC(=O)N2Cc3ccccc3C2)c1. The van der Waals surface area contributed by atoms with E-state index in [4.69, 9.17) is 5.73 Å². The Morgan fingerprint density at radius 2 is 1.74 bits per heavy atom. The topological polar surface area (TPSA) is 75.4 Å². The minimum atomic E-state index is -0.439. The quantitative estimate of drug-likeness (QED) is 0.907. The highest BCUT2D eigenvalue weighted by Gasteiger charge is 2.22. The van der Waals surface area contributed by atoms with Gasteiger partial charge in [-0.2, -0.15) is 0 Å². The molecule has 0 atom stereocenters. The van der Waals surface area contributed by atoms with Crippen LogP contribution in [0, 0.1) is 0 Å². The number of rotatable bonds is 4. The molecular formula is C18H19N3O2. The average Bonchev–Trinajstić information content (AvgIpc) is 2.99. The summed E-state index contributed by atoms with van der Waals surface area (Å²) < 4.78 is 0. The number of amides is 3. The maximum atomic E-state index is 12.2. The fourth-order valence-electron chi connectivity index (χ4n) is 2.78. The molecule has 0 unspecified atom stereocenters. The Labute approximate surface area is 135 Å². The van der Waals surface area contributed by atoms with Crippen molar-refractivity contribution in [2.24, 2.45) is 5.73 Å². The van der Waals surface area contributed by atoms with E-state index in [1.54, 1.807) is 23.1 Å². The van der Waals surface area contributed by atoms with Gasteiger partial charge in [0, 0.05) is 25.2 Å². The lowest BCUT2D eigenvalue weighted by atomic mass is 10.1. The Hall–Kier alpha value is -2.82. The Morgan fingerprint density at radius 1 is 1.04 bits per heavy atom. The Morgan fingerprint density at radius 3 is 2.39 bits per heavy atom. The summed E-state index contributed by atoms with van der Waals surface area (Å²) in [5.74, 6) is -0.439. The van der Waals surface area contributed by atoms with Crippen molar-refractivity contribution < 1.29 is 9.59 Å². The van der Waals surface area contributed by atoms with Crippen molar-refractivity contribution >= 4 is 11.9 Å². The van der Waals surface area contributed by atoms with E-state index in [2.05, 4.69) is 17.4 Å². The summed E-state index contributed by atoms with van der Waals surface area (Å²) in [4.78, 5) is 25.2. The molecule has 0 spiro atoms. The third kappa shape index (κ3) is 3.51. The molecule has 0 aliphatic carbocycles. The number of nitrogens with zero attached hydrogens (tertiary/aromatic N) is 1. The van der Waals surface area contributed by atoms with Crippen LogP contribution in [0.1, 0.15) is 27.0 Å². The van der Waals surface area contributed by atoms with Crippen LogP contribution in [0.25, 0.3) is 0 Å². The third-order valence-corrected chi connectivity index (χ3v) is 4.03. The van der Waals surface area contributed by atoms with Crippen molar-refractivity contribution in [2.45, 2.75) is 19.5 Å². The summed E-state index contributed by atoms with van der Waals surface area (Å²) in [6, 6.07) is 15.2. The first-order chi connectivity index (χ1) is 11.1. The predicted molar refractivity (Wildman–Crippen MR) is 87.8 cm³/mol. The van der Waals surface area contributed by atoms with Gasteiger partial charge in [-0.05, 0) is 35.2 Å². The van der Waals surface area contributed by atoms with Crippen LogP contribution >= 0.6 is 0 Å². The number of nitrogens with two attached hydrogens (primary N) is 1. The number of hydrogen-bond acceptors (Lipinski definition) is 2. The molecule has 0 fully saturated rings. The number of nitrogens with one attached hydrogen (secondary N) is 1. The predicted octanol–water partition coefficient (Wildman–Crippen LogP) is 2.05. The molecule has 2 aromatic rings. The first-order valence-electron chi connectivity index (χ1n) is 7.62. The largest absolute Gasteiger partial charge is 0.366 e. The molecule has 23 heavy (non-hydrogen) atoms. The minimum absolute atomic E-state index is 0.0627. The molecule has 3 rings (SSSR count). The normalized spacial score (nSPS) is 12.8. The third-order valence-electron chi connectivity index (χ3n) is 4.03. The van der Waals surface area contributed by atoms with E-state index in [9.17, 15) is 9.59 Å². The summed E-state index contributed by atoms with van der Waals surface area (Å²) in [6.07, 6.45) is 0.660. The van der Waals surface area contributed by atoms with Gasteiger partial charge >= 0.3 is 6.03 Å². The van der Waals surface area contributed by atoms with Gasteiger partial charge in [-0.15, -0.1) is 0 Å². The number of hydrogen-bond donors (Lipinski definition) is 2. The molecule has 118 valence electrons. The molecule has 1 heterocycles. The van der Waals surface area contributed by atoms with Crippen LogP contribution in [-0.4, -0.2) is 23.4 Å². The second-order valence-electron chi connectivity index (χ2n) is 5.67. The van der Waals surface area contributed by atoms with Gasteiger partial charge in [0.2, 0.25) is 5.91 Å². The molecular weight excluding hydrogens is 290 g/mol. The van der Waals surface area contributed by atoms with Gasteiger partial charge < -0.3 is 16.0 Å². The second-order valence-corrected chi connectivity index (χ2v) is 5.67. The zero-order valence-corrected chi connectivity index (χ0v) is 12.8. The van der Waals surface area contributed by atoms with Gasteiger partial charge in [0.15, 0.2) is 0 Å². The van der Waals surface area contributed by atoms with Crippen molar-refractivity contribution in [3.63, 3.8) is 0 Å². The van der Waals surface area contributed by atoms with Gasteiger partial charge in [0.05, 0.1) is 0 Å². The summed E-state index contributed by atoms with van der Waals surface area (Å²) in [5.41, 5.74) is 9.15. The molecule has 0 radical (unpaired) electrons. The fourth-order valence-corrected chi connectivity index (χ4v) is 2.78. The smallest absolute Gasteiger partial charge is 0.318 e. The molecule has 0 saturated carbocycles. The molecule has 0 bridgehead atoms. The van der Waals surface area contributed by atoms with Gasteiger partial charge in [-0.25, -0.2) is 4.79 Å². The van der Waals surface area contributed by atoms with E-state index in [-0.39, 0.29) is 6.03 Å². The van der Waals surface area contributed by atoms with Gasteiger partial charge in [0.25, 0.3) is 0 Å². The van der Waals surface area contributed by atoms with E-state index in [0.29, 0.717) is 31.6 Å². The highest BCUT2D eigenvalue weighted by atomic mass is 16.2. The van der Waals surface area contributed by atoms with E-state index in [1.807, 2.05) is 18.2 Å². The standard InChI is InChI=1S/C18H19N3O2/c19-17(22)14-7-3-4-13(10-14)8-9-20-18(23)21-11-15-5-1-2-6-16(15)12-21/h1-7,10H,8-9,11-12H2,(H2,19,22)(H,20,23). The molecule has 2 aromatic carbocycles. The van der Waals surface area contributed by atoms with Crippen molar-refractivity contribution in [3.8, 4) is 0 Å². The molecule has 1 aliphatic rings. The fraction of sp³-hybridized carbons (Fsp3) is 0.222. The Bertz CT molecular complexity index is 718. The van der Waals surface area contributed by atoms with Gasteiger partial charge in [0.1, 0.15) is 0 Å². The van der Waals surface area contributed by atoms with Crippen LogP contribution in [0.15, 0.2) is 48.5 Å². The van der Waals surface area contributed by atoms with Crippen molar-refractivity contribution in [1.82, 2.24) is 10.2 Å². The van der Waals surface area contributed by atoms with Crippen LogP contribution in [0.4, 0.5) is 4.79 Å². The lowest BCUT2D eigenvalue weighted by Crippen LogP contribution is -2.37. The van der Waals surface area contributed by atoms with Crippen LogP contribution in [0.3, 0.4) is 0 Å². The molecule has 5 heteroatoms. The monoisotopic (exact) mass is 309 g/mol. The van der Waals surface area contributed by atoms with Crippen molar-refractivity contribution in [2.75, 3.05) is 6.54 Å². The zero-order chi connectivity index (χ0) is 16.2. The highest BCUT2D eigenvalue weighted by molar-refractivity contribution is 5.92. The van der Waals surface area contributed by atoms with Crippen LogP contribution in [-0.2, 0) is 19.5 Å². The molecule has 3 amide bonds. The zero-order valence-electron chi connectivity index (χ0n) is 12.8. The van der Waals surface area contributed by atoms with Crippen LogP contribution in [0.5, 0.6) is 0 Å². The summed E-state index contributed by atoms with van der Waals surface area (Å²) in [5, 5.41) is 2.93. The summed E-state index contributed by atoms with van der Waals surface area (Å²) in [7, 11) is 0. The van der Waals surface area contributed by atoms with Crippen molar-refractivity contribution in [1.29, 1.82) is 0 Å². The number of urea groups is 1. The number of carbonyl (C=O) groups is 2. The molecule has 5 nitrogen and oxygen atoms in total. The summed E-state index contributed by atoms with van der Waals surface area (Å²) in [6.45, 7) is 1.83. The lowest BCUT2D eigenvalue weighted by molar-refractivity contribution is 0.1000. The molecule has 1 aliphatic heterocycles. The lowest BCUT2D eigenvalue weighted by Gasteiger charge is -2.16. The Balaban J connectivity index is 1.51. The first kappa shape index (κ1) is 15.1.